The Morgan fingerprint density at radius 1 is 0.778 bits per heavy atom. The van der Waals surface area contributed by atoms with Crippen LogP contribution in [0.15, 0.2) is 66.7 Å². The number of fused-ring (bicyclic) bond motifs is 1. The van der Waals surface area contributed by atoms with Crippen molar-refractivity contribution in [3.05, 3.63) is 72.3 Å². The number of carbonyl (C=O) groups is 1. The van der Waals surface area contributed by atoms with Crippen molar-refractivity contribution in [2.24, 2.45) is 0 Å². The fourth-order valence-corrected chi connectivity index (χ4v) is 3.33. The summed E-state index contributed by atoms with van der Waals surface area (Å²) in [5.41, 5.74) is 8.55. The summed E-state index contributed by atoms with van der Waals surface area (Å²) in [5.74, 6) is 0.252. The molecule has 0 amide bonds. The van der Waals surface area contributed by atoms with Gasteiger partial charge in [0.15, 0.2) is 5.78 Å². The highest BCUT2D eigenvalue weighted by Crippen LogP contribution is 2.19. The number of Topliss-reactive ketones (excluding diaryl/α,β-unsaturated/α-hetero) is 1. The summed E-state index contributed by atoms with van der Waals surface area (Å²) in [6.07, 6.45) is 6.16. The van der Waals surface area contributed by atoms with E-state index in [-0.39, 0.29) is 5.78 Å². The molecule has 3 N–H and O–H groups in total. The Morgan fingerprint density at radius 3 is 2.33 bits per heavy atom. The molecule has 140 valence electrons. The van der Waals surface area contributed by atoms with Crippen molar-refractivity contribution in [1.29, 1.82) is 0 Å². The molecule has 0 heterocycles. The van der Waals surface area contributed by atoms with Crippen LogP contribution < -0.4 is 11.1 Å². The van der Waals surface area contributed by atoms with Crippen LogP contribution in [0.2, 0.25) is 0 Å². The molecule has 0 atom stereocenters. The molecule has 0 saturated heterocycles. The van der Waals surface area contributed by atoms with Crippen LogP contribution >= 0.6 is 0 Å². The summed E-state index contributed by atoms with van der Waals surface area (Å²) in [6, 6.07) is 22.0. The maximum atomic E-state index is 12.4. The van der Waals surface area contributed by atoms with Gasteiger partial charge in [-0.15, -0.1) is 0 Å². The third kappa shape index (κ3) is 5.58. The zero-order valence-corrected chi connectivity index (χ0v) is 15.8. The van der Waals surface area contributed by atoms with Crippen LogP contribution in [-0.2, 0) is 0 Å². The number of hydrogen-bond acceptors (Lipinski definition) is 3. The number of nitrogen functional groups attached to an aromatic ring is 1. The highest BCUT2D eigenvalue weighted by molar-refractivity contribution is 5.99. The molecule has 0 unspecified atom stereocenters. The quantitative estimate of drug-likeness (QED) is 0.262. The Morgan fingerprint density at radius 2 is 1.48 bits per heavy atom. The van der Waals surface area contributed by atoms with Gasteiger partial charge in [0.2, 0.25) is 0 Å². The lowest BCUT2D eigenvalue weighted by Crippen LogP contribution is -2.04. The van der Waals surface area contributed by atoms with E-state index >= 15 is 0 Å². The van der Waals surface area contributed by atoms with Gasteiger partial charge < -0.3 is 11.1 Å². The molecule has 0 saturated carbocycles. The van der Waals surface area contributed by atoms with E-state index in [9.17, 15) is 4.79 Å². The fraction of sp³-hybridized carbons (Fsp3) is 0.292. The number of rotatable bonds is 10. The lowest BCUT2D eigenvalue weighted by Gasteiger charge is -2.08. The van der Waals surface area contributed by atoms with Crippen molar-refractivity contribution in [2.45, 2.75) is 38.5 Å². The highest BCUT2D eigenvalue weighted by atomic mass is 16.1. The molecule has 3 heteroatoms. The second-order valence-electron chi connectivity index (χ2n) is 7.02. The zero-order chi connectivity index (χ0) is 18.9. The Hall–Kier alpha value is -2.81. The van der Waals surface area contributed by atoms with Gasteiger partial charge in [0.05, 0.1) is 11.4 Å². The first-order valence-corrected chi connectivity index (χ1v) is 9.84. The number of carbonyl (C=O) groups excluding carboxylic acids is 1. The monoisotopic (exact) mass is 360 g/mol. The van der Waals surface area contributed by atoms with Crippen LogP contribution in [-0.4, -0.2) is 12.3 Å². The highest BCUT2D eigenvalue weighted by Gasteiger charge is 2.06. The normalized spacial score (nSPS) is 10.8. The van der Waals surface area contributed by atoms with Crippen molar-refractivity contribution in [3.63, 3.8) is 0 Å². The first-order chi connectivity index (χ1) is 13.2. The summed E-state index contributed by atoms with van der Waals surface area (Å²) in [4.78, 5) is 12.4. The van der Waals surface area contributed by atoms with Gasteiger partial charge in [0.25, 0.3) is 0 Å². The second kappa shape index (κ2) is 9.77. The molecule has 3 rings (SSSR count). The van der Waals surface area contributed by atoms with Crippen LogP contribution in [0.25, 0.3) is 10.8 Å². The Kier molecular flexibility index (Phi) is 6.86. The van der Waals surface area contributed by atoms with Gasteiger partial charge in [-0.3, -0.25) is 4.79 Å². The van der Waals surface area contributed by atoms with Gasteiger partial charge in [0, 0.05) is 18.5 Å². The lowest BCUT2D eigenvalue weighted by molar-refractivity contribution is 0.0979. The first kappa shape index (κ1) is 19.0. The standard InChI is InChI=1S/C24H28N2O/c25-22-12-7-8-13-23(22)26-17-9-3-1-2-4-14-24(27)21-16-15-19-10-5-6-11-20(19)18-21/h5-8,10-13,15-16,18,26H,1-4,9,14,17,25H2. The topological polar surface area (TPSA) is 55.1 Å². The van der Waals surface area contributed by atoms with E-state index < -0.39 is 0 Å². The van der Waals surface area contributed by atoms with Crippen molar-refractivity contribution in [3.8, 4) is 0 Å². The average Bonchev–Trinajstić information content (AvgIpc) is 2.70. The Balaban J connectivity index is 1.30. The number of hydrogen-bond donors (Lipinski definition) is 2. The third-order valence-corrected chi connectivity index (χ3v) is 4.93. The molecule has 0 aliphatic carbocycles. The molecule has 0 fully saturated rings. The largest absolute Gasteiger partial charge is 0.397 e. The van der Waals surface area contributed by atoms with E-state index in [0.717, 1.165) is 54.6 Å². The third-order valence-electron chi connectivity index (χ3n) is 4.93. The molecule has 0 aliphatic heterocycles. The molecular weight excluding hydrogens is 332 g/mol. The summed E-state index contributed by atoms with van der Waals surface area (Å²) in [6.45, 7) is 0.935. The molecule has 0 spiro atoms. The van der Waals surface area contributed by atoms with Crippen molar-refractivity contribution in [1.82, 2.24) is 0 Å². The fourth-order valence-electron chi connectivity index (χ4n) is 3.33. The smallest absolute Gasteiger partial charge is 0.162 e. The summed E-state index contributed by atoms with van der Waals surface area (Å²) < 4.78 is 0. The predicted molar refractivity (Wildman–Crippen MR) is 115 cm³/mol. The van der Waals surface area contributed by atoms with Crippen LogP contribution in [0.1, 0.15) is 48.9 Å². The maximum absolute atomic E-state index is 12.4. The van der Waals surface area contributed by atoms with Crippen LogP contribution in [0, 0.1) is 0 Å². The van der Waals surface area contributed by atoms with Crippen LogP contribution in [0.5, 0.6) is 0 Å². The van der Waals surface area contributed by atoms with Gasteiger partial charge in [-0.25, -0.2) is 0 Å². The van der Waals surface area contributed by atoms with Crippen LogP contribution in [0.4, 0.5) is 11.4 Å². The molecule has 0 aliphatic rings. The second-order valence-corrected chi connectivity index (χ2v) is 7.02. The predicted octanol–water partition coefficient (Wildman–Crippen LogP) is 6.06. The van der Waals surface area contributed by atoms with E-state index in [0.29, 0.717) is 6.42 Å². The van der Waals surface area contributed by atoms with Gasteiger partial charge in [-0.2, -0.15) is 0 Å². The Bertz CT molecular complexity index is 888. The van der Waals surface area contributed by atoms with Gasteiger partial charge in [-0.1, -0.05) is 67.8 Å². The average molecular weight is 361 g/mol. The van der Waals surface area contributed by atoms with Crippen molar-refractivity contribution in [2.75, 3.05) is 17.6 Å². The SMILES string of the molecule is Nc1ccccc1NCCCCCCCC(=O)c1ccc2ccccc2c1. The minimum absolute atomic E-state index is 0.252. The van der Waals surface area contributed by atoms with E-state index in [4.69, 9.17) is 5.73 Å². The number of nitrogens with one attached hydrogen (secondary N) is 1. The number of para-hydroxylation sites is 2. The van der Waals surface area contributed by atoms with Crippen molar-refractivity contribution < 1.29 is 4.79 Å². The summed E-state index contributed by atoms with van der Waals surface area (Å²) in [5, 5.41) is 5.69. The first-order valence-electron chi connectivity index (χ1n) is 9.84. The lowest BCUT2D eigenvalue weighted by atomic mass is 10.0. The summed E-state index contributed by atoms with van der Waals surface area (Å²) in [7, 11) is 0. The minimum Gasteiger partial charge on any atom is -0.397 e. The Labute approximate surface area is 161 Å². The number of nitrogens with two attached hydrogens (primary N) is 1. The number of unbranched alkanes of at least 4 members (excludes halogenated alkanes) is 4. The number of benzene rings is 3. The summed E-state index contributed by atoms with van der Waals surface area (Å²) >= 11 is 0. The van der Waals surface area contributed by atoms with E-state index in [1.165, 1.54) is 11.8 Å². The molecule has 3 aromatic carbocycles. The van der Waals surface area contributed by atoms with Crippen LogP contribution in [0.3, 0.4) is 0 Å². The minimum atomic E-state index is 0.252. The van der Waals surface area contributed by atoms with Gasteiger partial charge in [0.1, 0.15) is 0 Å². The molecule has 3 nitrogen and oxygen atoms in total. The molecular formula is C24H28N2O. The number of ketones is 1. The molecule has 3 aromatic rings. The van der Waals surface area contributed by atoms with Crippen molar-refractivity contribution >= 4 is 27.9 Å². The van der Waals surface area contributed by atoms with E-state index in [1.807, 2.05) is 54.6 Å². The molecule has 27 heavy (non-hydrogen) atoms. The van der Waals surface area contributed by atoms with Gasteiger partial charge in [-0.05, 0) is 41.8 Å². The molecule has 0 bridgehead atoms. The number of anilines is 2. The van der Waals surface area contributed by atoms with E-state index in [2.05, 4.69) is 17.4 Å². The zero-order valence-electron chi connectivity index (χ0n) is 15.8. The van der Waals surface area contributed by atoms with E-state index in [1.54, 1.807) is 0 Å². The molecule has 0 radical (unpaired) electrons. The molecule has 0 aromatic heterocycles. The van der Waals surface area contributed by atoms with Gasteiger partial charge >= 0.3 is 0 Å². The maximum Gasteiger partial charge on any atom is 0.162 e.